The fourth-order valence-electron chi connectivity index (χ4n) is 2.48. The maximum absolute atomic E-state index is 13.0. The summed E-state index contributed by atoms with van der Waals surface area (Å²) in [7, 11) is 0. The highest BCUT2D eigenvalue weighted by atomic mass is 35.5. The average molecular weight is 393 g/mol. The number of hydrogen-bond acceptors (Lipinski definition) is 2. The second kappa shape index (κ2) is 6.99. The van der Waals surface area contributed by atoms with Crippen molar-refractivity contribution < 1.29 is 13.2 Å². The van der Waals surface area contributed by atoms with E-state index in [9.17, 15) is 18.4 Å². The molecule has 1 aromatic heterocycles. The number of pyridine rings is 1. The van der Waals surface area contributed by atoms with E-state index in [0.29, 0.717) is 16.1 Å². The topological polar surface area (TPSA) is 36.7 Å². The van der Waals surface area contributed by atoms with Gasteiger partial charge in [-0.05, 0) is 35.9 Å². The van der Waals surface area contributed by atoms with Crippen molar-refractivity contribution in [2.24, 2.45) is 0 Å². The Morgan fingerprint density at radius 3 is 2.23 bits per heavy atom. The zero-order chi connectivity index (χ0) is 18.9. The summed E-state index contributed by atoms with van der Waals surface area (Å²) in [5, 5.41) is 9.82. The predicted octanol–water partition coefficient (Wildman–Crippen LogP) is 6.61. The molecule has 0 aliphatic carbocycles. The molecule has 0 aliphatic heterocycles. The van der Waals surface area contributed by atoms with Crippen LogP contribution in [0.15, 0.2) is 54.6 Å². The Kier molecular flexibility index (Phi) is 4.90. The smallest absolute Gasteiger partial charge is 0.235 e. The minimum atomic E-state index is -4.47. The summed E-state index contributed by atoms with van der Waals surface area (Å²) in [6.45, 7) is 0. The van der Waals surface area contributed by atoms with Crippen molar-refractivity contribution >= 4 is 23.2 Å². The van der Waals surface area contributed by atoms with Gasteiger partial charge in [0.25, 0.3) is 0 Å². The third-order valence-corrected chi connectivity index (χ3v) is 4.25. The third kappa shape index (κ3) is 3.67. The molecule has 2 aromatic carbocycles. The standard InChI is InChI=1S/C19H9Cl2F3N2/c20-14-6-4-11(5-7-14)15-9-17(26-18(21)16(15)10-25)12-2-1-3-13(8-12)19(22,23)24/h1-9H. The number of hydrogen-bond donors (Lipinski definition) is 0. The molecule has 1 heterocycles. The van der Waals surface area contributed by atoms with E-state index in [1.807, 2.05) is 6.07 Å². The van der Waals surface area contributed by atoms with E-state index < -0.39 is 11.7 Å². The number of benzene rings is 2. The van der Waals surface area contributed by atoms with Gasteiger partial charge >= 0.3 is 6.18 Å². The summed E-state index contributed by atoms with van der Waals surface area (Å²) in [4.78, 5) is 4.09. The van der Waals surface area contributed by atoms with Gasteiger partial charge in [0.15, 0.2) is 0 Å². The van der Waals surface area contributed by atoms with E-state index in [1.165, 1.54) is 12.1 Å². The fourth-order valence-corrected chi connectivity index (χ4v) is 2.84. The van der Waals surface area contributed by atoms with Crippen LogP contribution in [0.3, 0.4) is 0 Å². The molecule has 0 N–H and O–H groups in total. The molecular weight excluding hydrogens is 384 g/mol. The van der Waals surface area contributed by atoms with Crippen LogP contribution in [0, 0.1) is 11.3 Å². The Hall–Kier alpha value is -2.55. The lowest BCUT2D eigenvalue weighted by atomic mass is 9.98. The van der Waals surface area contributed by atoms with Gasteiger partial charge in [0, 0.05) is 16.1 Å². The quantitative estimate of drug-likeness (QED) is 0.459. The summed E-state index contributed by atoms with van der Waals surface area (Å²) in [6.07, 6.45) is -4.47. The van der Waals surface area contributed by atoms with E-state index in [2.05, 4.69) is 4.98 Å². The van der Waals surface area contributed by atoms with Crippen LogP contribution in [0.2, 0.25) is 10.2 Å². The van der Waals surface area contributed by atoms with Crippen LogP contribution in [-0.2, 0) is 6.18 Å². The van der Waals surface area contributed by atoms with Gasteiger partial charge in [0.05, 0.1) is 16.8 Å². The first-order chi connectivity index (χ1) is 12.3. The summed E-state index contributed by atoms with van der Waals surface area (Å²) < 4.78 is 38.9. The number of alkyl halides is 3. The van der Waals surface area contributed by atoms with Crippen LogP contribution in [0.4, 0.5) is 13.2 Å². The van der Waals surface area contributed by atoms with Crippen molar-refractivity contribution in [1.82, 2.24) is 4.98 Å². The number of rotatable bonds is 2. The van der Waals surface area contributed by atoms with Crippen molar-refractivity contribution in [3.05, 3.63) is 75.9 Å². The maximum atomic E-state index is 13.0. The van der Waals surface area contributed by atoms with Crippen LogP contribution in [0.5, 0.6) is 0 Å². The SMILES string of the molecule is N#Cc1c(-c2ccc(Cl)cc2)cc(-c2cccc(C(F)(F)F)c2)nc1Cl. The van der Waals surface area contributed by atoms with Gasteiger partial charge < -0.3 is 0 Å². The minimum Gasteiger partial charge on any atom is -0.235 e. The molecular formula is C19H9Cl2F3N2. The van der Waals surface area contributed by atoms with Crippen LogP contribution in [0.25, 0.3) is 22.4 Å². The number of halogens is 5. The Morgan fingerprint density at radius 2 is 1.62 bits per heavy atom. The van der Waals surface area contributed by atoms with E-state index in [0.717, 1.165) is 12.1 Å². The van der Waals surface area contributed by atoms with Crippen LogP contribution < -0.4 is 0 Å². The normalized spacial score (nSPS) is 11.2. The first-order valence-electron chi connectivity index (χ1n) is 7.34. The average Bonchev–Trinajstić information content (AvgIpc) is 2.61. The Balaban J connectivity index is 2.19. The van der Waals surface area contributed by atoms with Gasteiger partial charge in [-0.15, -0.1) is 0 Å². The van der Waals surface area contributed by atoms with Crippen LogP contribution in [-0.4, -0.2) is 4.98 Å². The first kappa shape index (κ1) is 18.2. The van der Waals surface area contributed by atoms with Gasteiger partial charge in [-0.3, -0.25) is 0 Å². The Bertz CT molecular complexity index is 1010. The molecule has 0 spiro atoms. The highest BCUT2D eigenvalue weighted by Gasteiger charge is 2.30. The van der Waals surface area contributed by atoms with Crippen LogP contribution in [0.1, 0.15) is 11.1 Å². The molecule has 0 radical (unpaired) electrons. The molecule has 0 fully saturated rings. The summed E-state index contributed by atoms with van der Waals surface area (Å²) in [5.74, 6) is 0. The van der Waals surface area contributed by atoms with Crippen molar-refractivity contribution in [2.45, 2.75) is 6.18 Å². The molecule has 0 amide bonds. The van der Waals surface area contributed by atoms with E-state index in [-0.39, 0.29) is 22.0 Å². The number of aromatic nitrogens is 1. The van der Waals surface area contributed by atoms with E-state index in [1.54, 1.807) is 30.3 Å². The van der Waals surface area contributed by atoms with Crippen molar-refractivity contribution in [3.8, 4) is 28.5 Å². The second-order valence-electron chi connectivity index (χ2n) is 5.42. The number of nitrogens with zero attached hydrogens (tertiary/aromatic N) is 2. The van der Waals surface area contributed by atoms with Gasteiger partial charge in [-0.25, -0.2) is 4.98 Å². The lowest BCUT2D eigenvalue weighted by Crippen LogP contribution is -2.04. The molecule has 26 heavy (non-hydrogen) atoms. The monoisotopic (exact) mass is 392 g/mol. The van der Waals surface area contributed by atoms with Crippen molar-refractivity contribution in [2.75, 3.05) is 0 Å². The number of nitriles is 1. The van der Waals surface area contributed by atoms with Gasteiger partial charge in [-0.1, -0.05) is 47.5 Å². The predicted molar refractivity (Wildman–Crippen MR) is 94.8 cm³/mol. The largest absolute Gasteiger partial charge is 0.416 e. The second-order valence-corrected chi connectivity index (χ2v) is 6.21. The molecule has 0 aliphatic rings. The summed E-state index contributed by atoms with van der Waals surface area (Å²) in [5.41, 5.74) is 0.974. The van der Waals surface area contributed by atoms with E-state index in [4.69, 9.17) is 23.2 Å². The first-order valence-corrected chi connectivity index (χ1v) is 8.09. The van der Waals surface area contributed by atoms with Gasteiger partial charge in [-0.2, -0.15) is 18.4 Å². The summed E-state index contributed by atoms with van der Waals surface area (Å²) >= 11 is 12.0. The molecule has 0 unspecified atom stereocenters. The van der Waals surface area contributed by atoms with Gasteiger partial charge in [0.1, 0.15) is 11.2 Å². The molecule has 130 valence electrons. The van der Waals surface area contributed by atoms with Crippen molar-refractivity contribution in [3.63, 3.8) is 0 Å². The zero-order valence-electron chi connectivity index (χ0n) is 13.0. The molecule has 0 bridgehead atoms. The fraction of sp³-hybridized carbons (Fsp3) is 0.0526. The Morgan fingerprint density at radius 1 is 0.923 bits per heavy atom. The lowest BCUT2D eigenvalue weighted by molar-refractivity contribution is -0.137. The molecule has 0 saturated heterocycles. The molecule has 3 aromatic rings. The zero-order valence-corrected chi connectivity index (χ0v) is 14.5. The maximum Gasteiger partial charge on any atom is 0.416 e. The molecule has 7 heteroatoms. The minimum absolute atomic E-state index is 0.0765. The summed E-state index contributed by atoms with van der Waals surface area (Å²) in [6, 6.07) is 15.0. The molecule has 0 atom stereocenters. The lowest BCUT2D eigenvalue weighted by Gasteiger charge is -2.11. The molecule has 0 saturated carbocycles. The highest BCUT2D eigenvalue weighted by molar-refractivity contribution is 6.31. The van der Waals surface area contributed by atoms with Gasteiger partial charge in [0.2, 0.25) is 0 Å². The molecule has 3 rings (SSSR count). The highest BCUT2D eigenvalue weighted by Crippen LogP contribution is 2.35. The van der Waals surface area contributed by atoms with E-state index >= 15 is 0 Å². The molecule has 2 nitrogen and oxygen atoms in total. The van der Waals surface area contributed by atoms with Crippen LogP contribution >= 0.6 is 23.2 Å². The Labute approximate surface area is 157 Å². The third-order valence-electron chi connectivity index (χ3n) is 3.73. The van der Waals surface area contributed by atoms with Crippen molar-refractivity contribution in [1.29, 1.82) is 5.26 Å².